The van der Waals surface area contributed by atoms with Crippen LogP contribution in [0.15, 0.2) is 24.4 Å². The lowest BCUT2D eigenvalue weighted by Gasteiger charge is -2.35. The van der Waals surface area contributed by atoms with E-state index in [1.165, 1.54) is 6.20 Å². The van der Waals surface area contributed by atoms with Crippen molar-refractivity contribution < 1.29 is 23.8 Å². The number of carbonyl (C=O) groups excluding carboxylic acids is 2. The number of piperidine rings is 1. The van der Waals surface area contributed by atoms with Gasteiger partial charge >= 0.3 is 5.97 Å². The number of hydrogen-bond donors (Lipinski definition) is 1. The van der Waals surface area contributed by atoms with Gasteiger partial charge in [0.2, 0.25) is 0 Å². The number of aryl methyl sites for hydroxylation is 1. The second-order valence-electron chi connectivity index (χ2n) is 8.85. The molecule has 7 nitrogen and oxygen atoms in total. The van der Waals surface area contributed by atoms with Gasteiger partial charge in [0.15, 0.2) is 5.78 Å². The second kappa shape index (κ2) is 9.38. The van der Waals surface area contributed by atoms with Crippen LogP contribution in [0.5, 0.6) is 0 Å². The summed E-state index contributed by atoms with van der Waals surface area (Å²) in [6.07, 6.45) is -0.0692. The van der Waals surface area contributed by atoms with Crippen LogP contribution < -0.4 is 0 Å². The zero-order valence-electron chi connectivity index (χ0n) is 18.7. The third-order valence-corrected chi connectivity index (χ3v) is 6.72. The van der Waals surface area contributed by atoms with Gasteiger partial charge in [-0.15, -0.1) is 0 Å². The maximum absolute atomic E-state index is 14.9. The van der Waals surface area contributed by atoms with E-state index in [9.17, 15) is 19.1 Å². The Labute approximate surface area is 191 Å². The molecular formula is C25H26FN3O4. The number of aliphatic hydroxyl groups is 1. The maximum atomic E-state index is 14.9. The Morgan fingerprint density at radius 1 is 1.42 bits per heavy atom. The maximum Gasteiger partial charge on any atom is 0.338 e. The number of esters is 1. The summed E-state index contributed by atoms with van der Waals surface area (Å²) in [6.45, 7) is 4.79. The van der Waals surface area contributed by atoms with Crippen LogP contribution in [0.3, 0.4) is 0 Å². The topological polar surface area (TPSA) is 104 Å². The second-order valence-corrected chi connectivity index (χ2v) is 8.85. The van der Waals surface area contributed by atoms with E-state index in [0.717, 1.165) is 11.1 Å². The fraction of sp³-hybridized carbons (Fsp3) is 0.440. The van der Waals surface area contributed by atoms with Gasteiger partial charge in [-0.25, -0.2) is 9.18 Å². The van der Waals surface area contributed by atoms with Crippen molar-refractivity contribution in [1.29, 1.82) is 5.26 Å². The van der Waals surface area contributed by atoms with Gasteiger partial charge in [0.1, 0.15) is 24.5 Å². The number of aromatic nitrogens is 1. The number of carbonyl (C=O) groups is 2. The van der Waals surface area contributed by atoms with Crippen molar-refractivity contribution in [3.8, 4) is 6.07 Å². The van der Waals surface area contributed by atoms with E-state index in [-0.39, 0.29) is 43.6 Å². The van der Waals surface area contributed by atoms with E-state index in [4.69, 9.17) is 10.00 Å². The molecule has 0 amide bonds. The predicted octanol–water partition coefficient (Wildman–Crippen LogP) is 3.21. The van der Waals surface area contributed by atoms with Crippen LogP contribution in [0, 0.1) is 31.1 Å². The summed E-state index contributed by atoms with van der Waals surface area (Å²) < 4.78 is 20.0. The van der Waals surface area contributed by atoms with Crippen LogP contribution in [0.2, 0.25) is 0 Å². The minimum atomic E-state index is -1.19. The van der Waals surface area contributed by atoms with E-state index in [1.807, 2.05) is 17.9 Å². The number of halogens is 1. The molecule has 0 saturated carbocycles. The lowest BCUT2D eigenvalue weighted by Crippen LogP contribution is -2.44. The molecule has 0 bridgehead atoms. The fourth-order valence-corrected chi connectivity index (χ4v) is 4.65. The van der Waals surface area contributed by atoms with Gasteiger partial charge in [-0.3, -0.25) is 14.7 Å². The number of Topliss-reactive ketones (excluding diaryl/α,β-unsaturated/α-hetero) is 1. The minimum Gasteiger partial charge on any atom is -0.457 e. The number of alkyl halides is 1. The van der Waals surface area contributed by atoms with Gasteiger partial charge in [-0.05, 0) is 61.6 Å². The molecule has 1 N–H and O–H groups in total. The fourth-order valence-electron chi connectivity index (χ4n) is 4.65. The summed E-state index contributed by atoms with van der Waals surface area (Å²) in [4.78, 5) is 30.3. The Hall–Kier alpha value is -3.15. The number of likely N-dealkylation sites (tertiary alicyclic amines) is 1. The highest BCUT2D eigenvalue weighted by molar-refractivity contribution is 5.95. The predicted molar refractivity (Wildman–Crippen MR) is 117 cm³/mol. The Kier molecular flexibility index (Phi) is 6.54. The molecule has 2 aliphatic heterocycles. The molecule has 4 rings (SSSR count). The number of aliphatic hydroxyl groups excluding tert-OH is 1. The van der Waals surface area contributed by atoms with Crippen molar-refractivity contribution in [3.05, 3.63) is 63.5 Å². The molecule has 8 heteroatoms. The summed E-state index contributed by atoms with van der Waals surface area (Å²) in [6, 6.07) is 7.00. The molecule has 0 radical (unpaired) electrons. The van der Waals surface area contributed by atoms with Crippen LogP contribution in [0.4, 0.5) is 4.39 Å². The van der Waals surface area contributed by atoms with Crippen molar-refractivity contribution in [2.24, 2.45) is 5.92 Å². The van der Waals surface area contributed by atoms with E-state index in [2.05, 4.69) is 4.98 Å². The summed E-state index contributed by atoms with van der Waals surface area (Å²) in [7, 11) is 0. The van der Waals surface area contributed by atoms with Crippen LogP contribution >= 0.6 is 0 Å². The number of nitriles is 1. The van der Waals surface area contributed by atoms with Gasteiger partial charge in [-0.2, -0.15) is 5.26 Å². The first-order chi connectivity index (χ1) is 15.8. The first-order valence-electron chi connectivity index (χ1n) is 11.0. The zero-order valence-corrected chi connectivity index (χ0v) is 18.7. The van der Waals surface area contributed by atoms with Gasteiger partial charge in [-0.1, -0.05) is 6.07 Å². The monoisotopic (exact) mass is 451 g/mol. The van der Waals surface area contributed by atoms with Crippen molar-refractivity contribution >= 4 is 11.8 Å². The molecule has 1 aromatic carbocycles. The quantitative estimate of drug-likeness (QED) is 0.531. The molecule has 1 saturated heterocycles. The average Bonchev–Trinajstić information content (AvgIpc) is 3.17. The van der Waals surface area contributed by atoms with Crippen molar-refractivity contribution in [2.75, 3.05) is 19.6 Å². The Bertz CT molecular complexity index is 1140. The first-order valence-corrected chi connectivity index (χ1v) is 11.0. The molecule has 2 aromatic rings. The number of fused-ring (bicyclic) bond motifs is 1. The highest BCUT2D eigenvalue weighted by atomic mass is 19.1. The third-order valence-electron chi connectivity index (χ3n) is 6.72. The molecule has 1 aromatic heterocycles. The molecular weight excluding hydrogens is 425 g/mol. The lowest BCUT2D eigenvalue weighted by molar-refractivity contribution is 0.0411. The standard InChI is InChI=1S/C25H26FN3O4/c1-14-7-22(28-10-17(14)9-27)23(30)8-16-5-6-29(11-21(16)26)12-24(31)18-3-4-19-20(15(18)2)13-33-25(19)32/h3-4,7,10,16,21,24,31H,5-6,8,11-13H2,1-2H3/t16-,21-,24+/m1/s1. The number of nitrogens with zero attached hydrogens (tertiary/aromatic N) is 3. The van der Waals surface area contributed by atoms with Crippen LogP contribution in [-0.2, 0) is 11.3 Å². The van der Waals surface area contributed by atoms with Gasteiger partial charge in [0.05, 0.1) is 17.2 Å². The molecule has 1 fully saturated rings. The van der Waals surface area contributed by atoms with Gasteiger partial charge < -0.3 is 9.84 Å². The van der Waals surface area contributed by atoms with Crippen LogP contribution in [-0.4, -0.2) is 52.5 Å². The highest BCUT2D eigenvalue weighted by Gasteiger charge is 2.33. The summed E-state index contributed by atoms with van der Waals surface area (Å²) >= 11 is 0. The van der Waals surface area contributed by atoms with E-state index < -0.39 is 18.2 Å². The number of cyclic esters (lactones) is 1. The summed E-state index contributed by atoms with van der Waals surface area (Å²) in [5.74, 6) is -0.986. The normalized spacial score (nSPS) is 21.2. The number of ketones is 1. The number of rotatable bonds is 6. The lowest BCUT2D eigenvalue weighted by atomic mass is 9.88. The summed E-state index contributed by atoms with van der Waals surface area (Å²) in [5, 5.41) is 19.8. The zero-order chi connectivity index (χ0) is 23.7. The van der Waals surface area contributed by atoms with E-state index in [0.29, 0.717) is 35.2 Å². The molecule has 3 atom stereocenters. The third kappa shape index (κ3) is 4.65. The number of β-amino-alcohol motifs (C(OH)–C–C–N with tert-alkyl or cyclic N) is 1. The molecule has 0 spiro atoms. The van der Waals surface area contributed by atoms with Crippen molar-refractivity contribution in [1.82, 2.24) is 9.88 Å². The molecule has 2 aliphatic rings. The van der Waals surface area contributed by atoms with E-state index in [1.54, 1.807) is 25.1 Å². The average molecular weight is 451 g/mol. The Balaban J connectivity index is 1.35. The van der Waals surface area contributed by atoms with Gasteiger partial charge in [0, 0.05) is 31.3 Å². The largest absolute Gasteiger partial charge is 0.457 e. The molecule has 33 heavy (non-hydrogen) atoms. The van der Waals surface area contributed by atoms with Crippen molar-refractivity contribution in [2.45, 2.75) is 45.6 Å². The number of benzene rings is 1. The van der Waals surface area contributed by atoms with Crippen LogP contribution in [0.25, 0.3) is 0 Å². The van der Waals surface area contributed by atoms with Gasteiger partial charge in [0.25, 0.3) is 0 Å². The SMILES string of the molecule is Cc1cc(C(=O)C[C@H]2CCN(C[C@H](O)c3ccc4c(c3C)COC4=O)C[C@H]2F)ncc1C#N. The number of pyridine rings is 1. The van der Waals surface area contributed by atoms with Crippen LogP contribution in [0.1, 0.15) is 67.6 Å². The minimum absolute atomic E-state index is 0.0634. The Morgan fingerprint density at radius 3 is 2.91 bits per heavy atom. The molecule has 172 valence electrons. The molecule has 3 heterocycles. The smallest absolute Gasteiger partial charge is 0.338 e. The Morgan fingerprint density at radius 2 is 2.21 bits per heavy atom. The molecule has 0 unspecified atom stereocenters. The molecule has 0 aliphatic carbocycles. The number of hydrogen-bond acceptors (Lipinski definition) is 7. The summed E-state index contributed by atoms with van der Waals surface area (Å²) in [5.41, 5.74) is 4.21. The van der Waals surface area contributed by atoms with E-state index >= 15 is 0 Å². The first kappa shape index (κ1) is 23.0. The highest BCUT2D eigenvalue weighted by Crippen LogP contribution is 2.31. The number of ether oxygens (including phenoxy) is 1. The van der Waals surface area contributed by atoms with Crippen molar-refractivity contribution in [3.63, 3.8) is 0 Å².